The van der Waals surface area contributed by atoms with Gasteiger partial charge in [0.25, 0.3) is 0 Å². The van der Waals surface area contributed by atoms with Crippen LogP contribution in [0.2, 0.25) is 0 Å². The van der Waals surface area contributed by atoms with Crippen LogP contribution in [0.1, 0.15) is 30.0 Å². The zero-order chi connectivity index (χ0) is 20.5. The molecule has 1 fully saturated rings. The molecule has 1 aromatic carbocycles. The van der Waals surface area contributed by atoms with Crippen molar-refractivity contribution in [2.75, 3.05) is 36.5 Å². The second kappa shape index (κ2) is 7.83. The summed E-state index contributed by atoms with van der Waals surface area (Å²) in [5.41, 5.74) is 0.658. The molecule has 1 aliphatic heterocycles. The lowest BCUT2D eigenvalue weighted by molar-refractivity contribution is -0.137. The first-order chi connectivity index (χ1) is 13.2. The van der Waals surface area contributed by atoms with Crippen molar-refractivity contribution in [2.45, 2.75) is 33.0 Å². The second-order valence-corrected chi connectivity index (χ2v) is 6.83. The molecule has 1 N–H and O–H groups in total. The van der Waals surface area contributed by atoms with Crippen LogP contribution in [0.5, 0.6) is 0 Å². The summed E-state index contributed by atoms with van der Waals surface area (Å²) in [5, 5.41) is 2.69. The Morgan fingerprint density at radius 3 is 2.50 bits per heavy atom. The maximum atomic E-state index is 13.2. The first-order valence-electron chi connectivity index (χ1n) is 9.03. The number of nitrogens with zero attached hydrogens (tertiary/aromatic N) is 3. The molecule has 0 saturated carbocycles. The van der Waals surface area contributed by atoms with Crippen LogP contribution in [-0.2, 0) is 15.7 Å². The maximum absolute atomic E-state index is 13.2. The molecule has 1 atom stereocenters. The number of carbonyl (C=O) groups excluding carboxylic acids is 1. The van der Waals surface area contributed by atoms with Crippen LogP contribution in [0, 0.1) is 13.8 Å². The van der Waals surface area contributed by atoms with Gasteiger partial charge in [-0.25, -0.2) is 4.98 Å². The van der Waals surface area contributed by atoms with Gasteiger partial charge < -0.3 is 19.5 Å². The highest BCUT2D eigenvalue weighted by molar-refractivity contribution is 5.96. The number of nitrogens with one attached hydrogen (secondary N) is 1. The zero-order valence-corrected chi connectivity index (χ0v) is 16.0. The molecule has 152 valence electrons. The Morgan fingerprint density at radius 2 is 1.93 bits per heavy atom. The van der Waals surface area contributed by atoms with Gasteiger partial charge in [-0.15, -0.1) is 0 Å². The molecular weight excluding hydrogens is 373 g/mol. The molecule has 0 aliphatic carbocycles. The lowest BCUT2D eigenvalue weighted by Crippen LogP contribution is -2.37. The van der Waals surface area contributed by atoms with Gasteiger partial charge in [-0.1, -0.05) is 0 Å². The number of morpholine rings is 1. The molecule has 2 aromatic rings. The van der Waals surface area contributed by atoms with Crippen molar-refractivity contribution < 1.29 is 22.7 Å². The number of aromatic nitrogens is 2. The number of alkyl halides is 3. The standard InChI is InChI=1S/C19H23F3N4O2/c1-12-11-26(14(3)23-12)13(2)18(27)24-16-10-15(19(20,21)22)4-5-17(16)25-6-8-28-9-7-25/h4-5,10-11,13H,6-9H2,1-3H3,(H,24,27). The minimum Gasteiger partial charge on any atom is -0.378 e. The number of amides is 1. The van der Waals surface area contributed by atoms with Gasteiger partial charge in [0.2, 0.25) is 5.91 Å². The molecule has 0 bridgehead atoms. The predicted molar refractivity (Wildman–Crippen MR) is 99.5 cm³/mol. The number of halogens is 3. The lowest BCUT2D eigenvalue weighted by atomic mass is 10.1. The normalized spacial score (nSPS) is 16.1. The van der Waals surface area contributed by atoms with Gasteiger partial charge in [0.15, 0.2) is 0 Å². The molecule has 6 nitrogen and oxygen atoms in total. The molecule has 28 heavy (non-hydrogen) atoms. The highest BCUT2D eigenvalue weighted by atomic mass is 19.4. The predicted octanol–water partition coefficient (Wildman–Crippen LogP) is 3.56. The summed E-state index contributed by atoms with van der Waals surface area (Å²) in [6.07, 6.45) is -2.75. The van der Waals surface area contributed by atoms with Crippen LogP contribution in [-0.4, -0.2) is 41.8 Å². The minimum atomic E-state index is -4.49. The number of hydrogen-bond acceptors (Lipinski definition) is 4. The number of hydrogen-bond donors (Lipinski definition) is 1. The Kier molecular flexibility index (Phi) is 5.64. The van der Waals surface area contributed by atoms with E-state index >= 15 is 0 Å². The Balaban J connectivity index is 1.91. The third-order valence-electron chi connectivity index (χ3n) is 4.77. The van der Waals surface area contributed by atoms with Crippen LogP contribution in [0.3, 0.4) is 0 Å². The SMILES string of the molecule is Cc1cn(C(C)C(=O)Nc2cc(C(F)(F)F)ccc2N2CCOCC2)c(C)n1. The molecule has 1 aromatic heterocycles. The van der Waals surface area contributed by atoms with Gasteiger partial charge in [0, 0.05) is 19.3 Å². The van der Waals surface area contributed by atoms with Gasteiger partial charge in [-0.2, -0.15) is 13.2 Å². The van der Waals surface area contributed by atoms with Crippen molar-refractivity contribution >= 4 is 17.3 Å². The molecule has 0 radical (unpaired) electrons. The van der Waals surface area contributed by atoms with Crippen LogP contribution in [0.25, 0.3) is 0 Å². The summed E-state index contributed by atoms with van der Waals surface area (Å²) >= 11 is 0. The number of carbonyl (C=O) groups is 1. The monoisotopic (exact) mass is 396 g/mol. The summed E-state index contributed by atoms with van der Waals surface area (Å²) < 4.78 is 46.6. The highest BCUT2D eigenvalue weighted by Gasteiger charge is 2.32. The quantitative estimate of drug-likeness (QED) is 0.859. The van der Waals surface area contributed by atoms with Gasteiger partial charge >= 0.3 is 6.18 Å². The van der Waals surface area contributed by atoms with E-state index in [-0.39, 0.29) is 5.69 Å². The van der Waals surface area contributed by atoms with Gasteiger partial charge in [0.05, 0.1) is 35.8 Å². The average Bonchev–Trinajstić information content (AvgIpc) is 2.99. The fourth-order valence-corrected chi connectivity index (χ4v) is 3.28. The van der Waals surface area contributed by atoms with E-state index in [0.717, 1.165) is 17.8 Å². The largest absolute Gasteiger partial charge is 0.416 e. The van der Waals surface area contributed by atoms with Crippen LogP contribution >= 0.6 is 0 Å². The molecule has 9 heteroatoms. The number of ether oxygens (including phenoxy) is 1. The third-order valence-corrected chi connectivity index (χ3v) is 4.77. The van der Waals surface area contributed by atoms with E-state index in [1.807, 2.05) is 11.8 Å². The van der Waals surface area contributed by atoms with Gasteiger partial charge in [-0.05, 0) is 39.0 Å². The molecule has 1 saturated heterocycles. The Morgan fingerprint density at radius 1 is 1.25 bits per heavy atom. The molecule has 1 amide bonds. The first-order valence-corrected chi connectivity index (χ1v) is 9.03. The number of anilines is 2. The molecular formula is C19H23F3N4O2. The van der Waals surface area contributed by atoms with Crippen molar-refractivity contribution in [1.82, 2.24) is 9.55 Å². The minimum absolute atomic E-state index is 0.142. The van der Waals surface area contributed by atoms with Crippen LogP contribution in [0.15, 0.2) is 24.4 Å². The fourth-order valence-electron chi connectivity index (χ4n) is 3.28. The van der Waals surface area contributed by atoms with E-state index in [4.69, 9.17) is 4.74 Å². The number of aryl methyl sites for hydroxylation is 2. The zero-order valence-electron chi connectivity index (χ0n) is 16.0. The molecule has 3 rings (SSSR count). The molecule has 1 aliphatic rings. The summed E-state index contributed by atoms with van der Waals surface area (Å²) in [7, 11) is 0. The molecule has 0 spiro atoms. The lowest BCUT2D eigenvalue weighted by Gasteiger charge is -2.31. The van der Waals surface area contributed by atoms with E-state index in [0.29, 0.717) is 37.8 Å². The fraction of sp³-hybridized carbons (Fsp3) is 0.474. The molecule has 1 unspecified atom stereocenters. The van der Waals surface area contributed by atoms with E-state index in [1.54, 1.807) is 24.6 Å². The topological polar surface area (TPSA) is 59.4 Å². The second-order valence-electron chi connectivity index (χ2n) is 6.83. The van der Waals surface area contributed by atoms with Crippen molar-refractivity contribution in [3.63, 3.8) is 0 Å². The Hall–Kier alpha value is -2.55. The summed E-state index contributed by atoms with van der Waals surface area (Å²) in [6.45, 7) is 7.34. The first kappa shape index (κ1) is 20.2. The summed E-state index contributed by atoms with van der Waals surface area (Å²) in [4.78, 5) is 19.0. The Bertz CT molecular complexity index is 857. The van der Waals surface area contributed by atoms with E-state index < -0.39 is 23.7 Å². The Labute approximate surface area is 161 Å². The van der Waals surface area contributed by atoms with Crippen molar-refractivity contribution in [3.8, 4) is 0 Å². The summed E-state index contributed by atoms with van der Waals surface area (Å²) in [5.74, 6) is 0.256. The number of benzene rings is 1. The number of imidazole rings is 1. The van der Waals surface area contributed by atoms with E-state index in [9.17, 15) is 18.0 Å². The maximum Gasteiger partial charge on any atom is 0.416 e. The third kappa shape index (κ3) is 4.30. The summed E-state index contributed by atoms with van der Waals surface area (Å²) in [6, 6.07) is 2.81. The van der Waals surface area contributed by atoms with E-state index in [2.05, 4.69) is 10.3 Å². The van der Waals surface area contributed by atoms with Crippen molar-refractivity contribution in [3.05, 3.63) is 41.5 Å². The average molecular weight is 396 g/mol. The van der Waals surface area contributed by atoms with Crippen LogP contribution in [0.4, 0.5) is 24.5 Å². The van der Waals surface area contributed by atoms with Gasteiger partial charge in [0.1, 0.15) is 11.9 Å². The van der Waals surface area contributed by atoms with E-state index in [1.165, 1.54) is 6.07 Å². The highest BCUT2D eigenvalue weighted by Crippen LogP contribution is 2.36. The van der Waals surface area contributed by atoms with Gasteiger partial charge in [-0.3, -0.25) is 4.79 Å². The van der Waals surface area contributed by atoms with Crippen LogP contribution < -0.4 is 10.2 Å². The van der Waals surface area contributed by atoms with Crippen molar-refractivity contribution in [2.24, 2.45) is 0 Å². The molecule has 2 heterocycles. The van der Waals surface area contributed by atoms with Crippen molar-refractivity contribution in [1.29, 1.82) is 0 Å². The smallest absolute Gasteiger partial charge is 0.378 e. The number of rotatable bonds is 4.